The van der Waals surface area contributed by atoms with Crippen LogP contribution in [0.2, 0.25) is 0 Å². The van der Waals surface area contributed by atoms with Crippen molar-refractivity contribution in [2.24, 2.45) is 0 Å². The van der Waals surface area contributed by atoms with Crippen molar-refractivity contribution in [1.82, 2.24) is 3.28 Å². The van der Waals surface area contributed by atoms with Gasteiger partial charge in [0.25, 0.3) is 0 Å². The Kier molecular flexibility index (Phi) is 4.12. The average Bonchev–Trinajstić information content (AvgIpc) is 1.65. The Morgan fingerprint density at radius 3 is 2.50 bits per heavy atom. The molecule has 0 spiro atoms. The van der Waals surface area contributed by atoms with Crippen molar-refractivity contribution < 1.29 is 4.84 Å². The highest BCUT2D eigenvalue weighted by molar-refractivity contribution is 14.1. The maximum Gasteiger partial charge on any atom is 0.102 e. The minimum Gasteiger partial charge on any atom is -0.267 e. The first kappa shape index (κ1) is 6.58. The molecule has 0 saturated carbocycles. The lowest BCUT2D eigenvalue weighted by molar-refractivity contribution is 0.0530. The predicted molar refractivity (Wildman–Crippen MR) is 36.5 cm³/mol. The largest absolute Gasteiger partial charge is 0.267 e. The Morgan fingerprint density at radius 1 is 2.00 bits per heavy atom. The van der Waals surface area contributed by atoms with Gasteiger partial charge in [-0.05, 0) is 0 Å². The fraction of sp³-hybridized carbons (Fsp3) is 0.500. The molecular formula is C2H4INOS. The van der Waals surface area contributed by atoms with Gasteiger partial charge >= 0.3 is 0 Å². The number of halogens is 1. The van der Waals surface area contributed by atoms with E-state index in [2.05, 4.69) is 17.1 Å². The predicted octanol–water partition coefficient (Wildman–Crippen LogP) is 1.16. The zero-order valence-corrected chi connectivity index (χ0v) is 6.19. The van der Waals surface area contributed by atoms with Gasteiger partial charge in [0.15, 0.2) is 0 Å². The van der Waals surface area contributed by atoms with Gasteiger partial charge in [0, 0.05) is 0 Å². The zero-order chi connectivity index (χ0) is 4.99. The van der Waals surface area contributed by atoms with Gasteiger partial charge < -0.3 is 0 Å². The Hall–Kier alpha value is 0.580. The standard InChI is InChI=1S/C2H4INOS/c1-5-4(3)2-6/h2H,1H3. The van der Waals surface area contributed by atoms with Crippen molar-refractivity contribution in [1.29, 1.82) is 0 Å². The third-order valence-corrected chi connectivity index (χ3v) is 1.50. The van der Waals surface area contributed by atoms with Crippen LogP contribution in [0.4, 0.5) is 0 Å². The highest BCUT2D eigenvalue weighted by atomic mass is 127. The average molecular weight is 217 g/mol. The van der Waals surface area contributed by atoms with Gasteiger partial charge in [-0.25, -0.2) is 0 Å². The molecule has 0 unspecified atom stereocenters. The summed E-state index contributed by atoms with van der Waals surface area (Å²) in [6, 6.07) is 0. The highest BCUT2D eigenvalue weighted by Gasteiger charge is 1.79. The third-order valence-electron chi connectivity index (χ3n) is 0.257. The summed E-state index contributed by atoms with van der Waals surface area (Å²) in [5.41, 5.74) is 1.40. The molecule has 0 aliphatic carbocycles. The van der Waals surface area contributed by atoms with Crippen molar-refractivity contribution in [2.45, 2.75) is 0 Å². The minimum atomic E-state index is 1.40. The zero-order valence-electron chi connectivity index (χ0n) is 3.22. The first-order chi connectivity index (χ1) is 2.81. The number of thiocarbonyl (C=S) groups is 1. The van der Waals surface area contributed by atoms with Gasteiger partial charge in [0.05, 0.1) is 30.0 Å². The Morgan fingerprint density at radius 2 is 2.50 bits per heavy atom. The number of nitrogens with zero attached hydrogens (tertiary/aromatic N) is 1. The van der Waals surface area contributed by atoms with Crippen molar-refractivity contribution in [2.75, 3.05) is 7.11 Å². The van der Waals surface area contributed by atoms with Crippen LogP contribution < -0.4 is 0 Å². The van der Waals surface area contributed by atoms with Crippen molar-refractivity contribution in [3.8, 4) is 0 Å². The highest BCUT2D eigenvalue weighted by Crippen LogP contribution is 1.90. The monoisotopic (exact) mass is 217 g/mol. The maximum atomic E-state index is 4.56. The Labute approximate surface area is 55.9 Å². The van der Waals surface area contributed by atoms with Crippen LogP contribution >= 0.6 is 35.1 Å². The molecule has 36 valence electrons. The molecule has 0 saturated heterocycles. The van der Waals surface area contributed by atoms with Crippen LogP contribution in [0.25, 0.3) is 0 Å². The number of hydrogen-bond acceptors (Lipinski definition) is 2. The molecule has 4 heteroatoms. The molecule has 0 aromatic heterocycles. The molecule has 0 amide bonds. The van der Waals surface area contributed by atoms with Crippen LogP contribution in [-0.4, -0.2) is 15.9 Å². The quantitative estimate of drug-likeness (QED) is 0.298. The van der Waals surface area contributed by atoms with E-state index in [1.807, 2.05) is 22.9 Å². The molecule has 0 aliphatic heterocycles. The van der Waals surface area contributed by atoms with E-state index >= 15 is 0 Å². The summed E-state index contributed by atoms with van der Waals surface area (Å²) in [6.07, 6.45) is 0. The molecule has 0 heterocycles. The minimum absolute atomic E-state index is 1.40. The fourth-order valence-corrected chi connectivity index (χ4v) is 0.129. The summed E-state index contributed by atoms with van der Waals surface area (Å²) in [4.78, 5) is 4.56. The van der Waals surface area contributed by atoms with Gasteiger partial charge in [0.1, 0.15) is 5.49 Å². The second kappa shape index (κ2) is 3.76. The maximum absolute atomic E-state index is 4.56. The molecule has 0 aromatic carbocycles. The van der Waals surface area contributed by atoms with Gasteiger partial charge in [-0.3, -0.25) is 4.84 Å². The lowest BCUT2D eigenvalue weighted by Gasteiger charge is -2.00. The molecule has 0 atom stereocenters. The van der Waals surface area contributed by atoms with Gasteiger partial charge in [-0.1, -0.05) is 12.2 Å². The van der Waals surface area contributed by atoms with Gasteiger partial charge in [-0.2, -0.15) is 3.28 Å². The topological polar surface area (TPSA) is 12.5 Å². The molecule has 0 aliphatic rings. The van der Waals surface area contributed by atoms with Crippen LogP contribution in [-0.2, 0) is 4.84 Å². The molecule has 0 bridgehead atoms. The smallest absolute Gasteiger partial charge is 0.102 e. The normalized spacial score (nSPS) is 7.67. The van der Waals surface area contributed by atoms with E-state index in [1.165, 1.54) is 8.77 Å². The van der Waals surface area contributed by atoms with E-state index in [9.17, 15) is 0 Å². The van der Waals surface area contributed by atoms with E-state index in [1.54, 1.807) is 7.11 Å². The van der Waals surface area contributed by atoms with Crippen molar-refractivity contribution in [3.05, 3.63) is 0 Å². The molecule has 0 aromatic rings. The first-order valence-electron chi connectivity index (χ1n) is 1.25. The lowest BCUT2D eigenvalue weighted by atomic mass is 11.5. The van der Waals surface area contributed by atoms with E-state index in [0.717, 1.165) is 0 Å². The summed E-state index contributed by atoms with van der Waals surface area (Å²) in [7, 11) is 1.55. The van der Waals surface area contributed by atoms with Crippen LogP contribution in [0.15, 0.2) is 0 Å². The number of hydroxylamine groups is 1. The summed E-state index contributed by atoms with van der Waals surface area (Å²) >= 11 is 6.36. The fourth-order valence-electron chi connectivity index (χ4n) is 0.0430. The second-order valence-corrected chi connectivity index (χ2v) is 1.72. The first-order valence-corrected chi connectivity index (χ1v) is 2.69. The molecule has 2 nitrogen and oxygen atoms in total. The summed E-state index contributed by atoms with van der Waals surface area (Å²) < 4.78 is 1.41. The molecule has 0 radical (unpaired) electrons. The molecule has 6 heavy (non-hydrogen) atoms. The van der Waals surface area contributed by atoms with Crippen molar-refractivity contribution >= 4 is 40.6 Å². The Bertz CT molecular complexity index is 50.8. The van der Waals surface area contributed by atoms with Gasteiger partial charge in [0.2, 0.25) is 0 Å². The third kappa shape index (κ3) is 2.80. The summed E-state index contributed by atoms with van der Waals surface area (Å²) in [6.45, 7) is 0. The molecule has 0 rings (SSSR count). The molecule has 0 N–H and O–H groups in total. The van der Waals surface area contributed by atoms with Crippen LogP contribution in [0.1, 0.15) is 0 Å². The van der Waals surface area contributed by atoms with Crippen LogP contribution in [0.3, 0.4) is 0 Å². The van der Waals surface area contributed by atoms with Crippen molar-refractivity contribution in [3.63, 3.8) is 0 Å². The number of hydrogen-bond donors (Lipinski definition) is 0. The summed E-state index contributed by atoms with van der Waals surface area (Å²) in [5, 5.41) is 0. The van der Waals surface area contributed by atoms with E-state index in [-0.39, 0.29) is 0 Å². The van der Waals surface area contributed by atoms with E-state index < -0.39 is 0 Å². The van der Waals surface area contributed by atoms with E-state index in [0.29, 0.717) is 0 Å². The van der Waals surface area contributed by atoms with E-state index in [4.69, 9.17) is 0 Å². The second-order valence-electron chi connectivity index (χ2n) is 0.560. The molecular weight excluding hydrogens is 213 g/mol. The van der Waals surface area contributed by atoms with Gasteiger partial charge in [-0.15, -0.1) is 0 Å². The SMILES string of the molecule is CON(I)C=S. The Balaban J connectivity index is 2.96. The summed E-state index contributed by atoms with van der Waals surface area (Å²) in [5.74, 6) is 0. The lowest BCUT2D eigenvalue weighted by Crippen LogP contribution is -2.02. The molecule has 0 fully saturated rings. The van der Waals surface area contributed by atoms with Crippen LogP contribution in [0, 0.1) is 0 Å². The number of rotatable bonds is 2. The van der Waals surface area contributed by atoms with Crippen LogP contribution in [0.5, 0.6) is 0 Å².